The molecule has 0 aliphatic carbocycles. The summed E-state index contributed by atoms with van der Waals surface area (Å²) in [5.74, 6) is 0.669. The molecule has 188 valence electrons. The number of hydrogen-bond acceptors (Lipinski definition) is 5. The standard InChI is InChI=1S/C30H30N4O3/c1-36-27-12-10-25(11-13-27)30(15-18-37-19-16-30)22-32-28(35)14-9-24-21-34(26-7-3-2-4-8-26)33-29(24)23-6-5-17-31-20-23/h2-14,17,20-21H,15-16,18-19,22H2,1H3,(H,32,35). The van der Waals surface area contributed by atoms with Crippen molar-refractivity contribution in [2.45, 2.75) is 18.3 Å². The molecular formula is C30H30N4O3. The van der Waals surface area contributed by atoms with Gasteiger partial charge < -0.3 is 14.8 Å². The molecule has 7 nitrogen and oxygen atoms in total. The molecule has 5 rings (SSSR count). The molecule has 1 aliphatic rings. The Kier molecular flexibility index (Phi) is 7.42. The number of hydrogen-bond donors (Lipinski definition) is 1. The Morgan fingerprint density at radius 3 is 2.57 bits per heavy atom. The first-order valence-electron chi connectivity index (χ1n) is 12.4. The molecule has 0 unspecified atom stereocenters. The second kappa shape index (κ2) is 11.2. The van der Waals surface area contributed by atoms with Crippen molar-refractivity contribution in [1.29, 1.82) is 0 Å². The Hall–Kier alpha value is -4.23. The van der Waals surface area contributed by atoms with Gasteiger partial charge in [0.05, 0.1) is 12.8 Å². The number of pyridine rings is 1. The zero-order chi connectivity index (χ0) is 25.5. The molecule has 1 saturated heterocycles. The van der Waals surface area contributed by atoms with Gasteiger partial charge in [-0.25, -0.2) is 4.68 Å². The summed E-state index contributed by atoms with van der Waals surface area (Å²) in [4.78, 5) is 17.2. The second-order valence-electron chi connectivity index (χ2n) is 9.13. The van der Waals surface area contributed by atoms with Crippen molar-refractivity contribution in [2.75, 3.05) is 26.9 Å². The number of carbonyl (C=O) groups excluding carboxylic acids is 1. The molecule has 4 aromatic rings. The van der Waals surface area contributed by atoms with Crippen LogP contribution in [0.3, 0.4) is 0 Å². The van der Waals surface area contributed by atoms with Crippen LogP contribution in [0.2, 0.25) is 0 Å². The zero-order valence-electron chi connectivity index (χ0n) is 20.8. The van der Waals surface area contributed by atoms with Gasteiger partial charge in [-0.15, -0.1) is 0 Å². The SMILES string of the molecule is COc1ccc(C2(CNC(=O)C=Cc3cn(-c4ccccc4)nc3-c3cccnc3)CCOCC2)cc1. The fourth-order valence-electron chi connectivity index (χ4n) is 4.70. The van der Waals surface area contributed by atoms with E-state index in [4.69, 9.17) is 14.6 Å². The molecule has 0 atom stereocenters. The number of rotatable bonds is 8. The van der Waals surface area contributed by atoms with Gasteiger partial charge in [0, 0.05) is 61.0 Å². The monoisotopic (exact) mass is 494 g/mol. The Morgan fingerprint density at radius 1 is 1.08 bits per heavy atom. The number of amides is 1. The lowest BCUT2D eigenvalue weighted by molar-refractivity contribution is -0.116. The average Bonchev–Trinajstić information content (AvgIpc) is 3.41. The van der Waals surface area contributed by atoms with E-state index in [-0.39, 0.29) is 11.3 Å². The quantitative estimate of drug-likeness (QED) is 0.355. The topological polar surface area (TPSA) is 78.3 Å². The Bertz CT molecular complexity index is 1340. The fraction of sp³-hybridized carbons (Fsp3) is 0.233. The molecule has 1 fully saturated rings. The Morgan fingerprint density at radius 2 is 1.86 bits per heavy atom. The van der Waals surface area contributed by atoms with E-state index in [9.17, 15) is 4.79 Å². The smallest absolute Gasteiger partial charge is 0.244 e. The highest BCUT2D eigenvalue weighted by atomic mass is 16.5. The summed E-state index contributed by atoms with van der Waals surface area (Å²) in [6, 6.07) is 21.9. The number of aromatic nitrogens is 3. The predicted octanol–water partition coefficient (Wildman–Crippen LogP) is 4.82. The summed E-state index contributed by atoms with van der Waals surface area (Å²) in [6.07, 6.45) is 10.5. The van der Waals surface area contributed by atoms with E-state index in [0.29, 0.717) is 19.8 Å². The summed E-state index contributed by atoms with van der Waals surface area (Å²) in [5, 5.41) is 7.92. The van der Waals surface area contributed by atoms with E-state index in [1.54, 1.807) is 25.6 Å². The maximum absolute atomic E-state index is 13.0. The third-order valence-electron chi connectivity index (χ3n) is 6.87. The molecule has 1 aliphatic heterocycles. The average molecular weight is 495 g/mol. The van der Waals surface area contributed by atoms with Gasteiger partial charge in [-0.2, -0.15) is 5.10 Å². The lowest BCUT2D eigenvalue weighted by Gasteiger charge is -2.38. The van der Waals surface area contributed by atoms with E-state index in [1.165, 1.54) is 5.56 Å². The van der Waals surface area contributed by atoms with Gasteiger partial charge in [-0.1, -0.05) is 30.3 Å². The number of benzene rings is 2. The summed E-state index contributed by atoms with van der Waals surface area (Å²) < 4.78 is 12.8. The predicted molar refractivity (Wildman–Crippen MR) is 144 cm³/mol. The largest absolute Gasteiger partial charge is 0.497 e. The van der Waals surface area contributed by atoms with Crippen molar-refractivity contribution in [3.05, 3.63) is 103 Å². The molecule has 7 heteroatoms. The number of ether oxygens (including phenoxy) is 2. The van der Waals surface area contributed by atoms with Crippen LogP contribution in [0.4, 0.5) is 0 Å². The first-order valence-corrected chi connectivity index (χ1v) is 12.4. The molecule has 1 N–H and O–H groups in total. The van der Waals surface area contributed by atoms with Gasteiger partial charge in [0.2, 0.25) is 5.91 Å². The lowest BCUT2D eigenvalue weighted by Crippen LogP contribution is -2.44. The van der Waals surface area contributed by atoms with Crippen LogP contribution >= 0.6 is 0 Å². The summed E-state index contributed by atoms with van der Waals surface area (Å²) in [5.41, 5.74) is 4.44. The summed E-state index contributed by atoms with van der Waals surface area (Å²) >= 11 is 0. The van der Waals surface area contributed by atoms with Crippen molar-refractivity contribution in [2.24, 2.45) is 0 Å². The molecule has 0 spiro atoms. The first kappa shape index (κ1) is 24.5. The molecule has 1 amide bonds. The molecule has 0 bridgehead atoms. The minimum absolute atomic E-state index is 0.149. The highest BCUT2D eigenvalue weighted by Crippen LogP contribution is 2.35. The molecular weight excluding hydrogens is 464 g/mol. The van der Waals surface area contributed by atoms with E-state index < -0.39 is 0 Å². The number of carbonyl (C=O) groups is 1. The van der Waals surface area contributed by atoms with Gasteiger partial charge in [0.25, 0.3) is 0 Å². The van der Waals surface area contributed by atoms with Gasteiger partial charge in [0.15, 0.2) is 0 Å². The van der Waals surface area contributed by atoms with E-state index in [1.807, 2.05) is 71.6 Å². The Balaban J connectivity index is 1.35. The van der Waals surface area contributed by atoms with Crippen LogP contribution in [-0.4, -0.2) is 47.5 Å². The van der Waals surface area contributed by atoms with Crippen LogP contribution < -0.4 is 10.1 Å². The molecule has 0 radical (unpaired) electrons. The number of methoxy groups -OCH3 is 1. The second-order valence-corrected chi connectivity index (χ2v) is 9.13. The van der Waals surface area contributed by atoms with Gasteiger partial charge in [-0.3, -0.25) is 9.78 Å². The van der Waals surface area contributed by atoms with Gasteiger partial charge >= 0.3 is 0 Å². The zero-order valence-corrected chi connectivity index (χ0v) is 20.8. The minimum Gasteiger partial charge on any atom is -0.497 e. The van der Waals surface area contributed by atoms with Crippen LogP contribution in [-0.2, 0) is 14.9 Å². The minimum atomic E-state index is -0.174. The third-order valence-corrected chi connectivity index (χ3v) is 6.87. The lowest BCUT2D eigenvalue weighted by atomic mass is 9.74. The van der Waals surface area contributed by atoms with Crippen molar-refractivity contribution in [3.8, 4) is 22.7 Å². The number of para-hydroxylation sites is 1. The van der Waals surface area contributed by atoms with Crippen molar-refractivity contribution < 1.29 is 14.3 Å². The van der Waals surface area contributed by atoms with Crippen LogP contribution in [0.1, 0.15) is 24.0 Å². The van der Waals surface area contributed by atoms with Gasteiger partial charge in [0.1, 0.15) is 11.4 Å². The highest BCUT2D eigenvalue weighted by molar-refractivity contribution is 5.92. The van der Waals surface area contributed by atoms with E-state index in [0.717, 1.165) is 41.1 Å². The van der Waals surface area contributed by atoms with Crippen molar-refractivity contribution >= 4 is 12.0 Å². The van der Waals surface area contributed by atoms with Crippen LogP contribution in [0.15, 0.2) is 91.4 Å². The van der Waals surface area contributed by atoms with E-state index in [2.05, 4.69) is 22.4 Å². The van der Waals surface area contributed by atoms with Crippen molar-refractivity contribution in [3.63, 3.8) is 0 Å². The van der Waals surface area contributed by atoms with Crippen LogP contribution in [0.5, 0.6) is 5.75 Å². The van der Waals surface area contributed by atoms with E-state index >= 15 is 0 Å². The molecule has 2 aromatic carbocycles. The molecule has 2 aromatic heterocycles. The normalized spacial score (nSPS) is 14.9. The number of nitrogens with one attached hydrogen (secondary N) is 1. The highest BCUT2D eigenvalue weighted by Gasteiger charge is 2.34. The first-order chi connectivity index (χ1) is 18.2. The summed E-state index contributed by atoms with van der Waals surface area (Å²) in [6.45, 7) is 1.88. The molecule has 3 heterocycles. The molecule has 0 saturated carbocycles. The third kappa shape index (κ3) is 5.62. The summed E-state index contributed by atoms with van der Waals surface area (Å²) in [7, 11) is 1.66. The van der Waals surface area contributed by atoms with Crippen LogP contribution in [0.25, 0.3) is 23.0 Å². The maximum Gasteiger partial charge on any atom is 0.244 e. The maximum atomic E-state index is 13.0. The molecule has 37 heavy (non-hydrogen) atoms. The van der Waals surface area contributed by atoms with Crippen molar-refractivity contribution in [1.82, 2.24) is 20.1 Å². The Labute approximate surface area is 216 Å². The van der Waals surface area contributed by atoms with Crippen LogP contribution in [0, 0.1) is 0 Å². The number of nitrogens with zero attached hydrogens (tertiary/aromatic N) is 3. The fourth-order valence-corrected chi connectivity index (χ4v) is 4.70. The van der Waals surface area contributed by atoms with Gasteiger partial charge in [-0.05, 0) is 60.9 Å².